The van der Waals surface area contributed by atoms with E-state index in [9.17, 15) is 0 Å². The highest BCUT2D eigenvalue weighted by atomic mass is 15.3. The fourth-order valence-corrected chi connectivity index (χ4v) is 1.64. The predicted molar refractivity (Wildman–Crippen MR) is 53.0 cm³/mol. The number of hydrogen-bond acceptors (Lipinski definition) is 3. The van der Waals surface area contributed by atoms with Gasteiger partial charge in [-0.15, -0.1) is 0 Å². The topological polar surface area (TPSA) is 43.1 Å². The van der Waals surface area contributed by atoms with Crippen molar-refractivity contribution >= 4 is 16.6 Å². The minimum Gasteiger partial charge on any atom is -0.233 e. The maximum atomic E-state index is 4.44. The molecule has 0 amide bonds. The van der Waals surface area contributed by atoms with Crippen LogP contribution in [0.15, 0.2) is 30.6 Å². The van der Waals surface area contributed by atoms with Gasteiger partial charge >= 0.3 is 0 Å². The van der Waals surface area contributed by atoms with Gasteiger partial charge in [0.25, 0.3) is 0 Å². The largest absolute Gasteiger partial charge is 0.233 e. The van der Waals surface area contributed by atoms with E-state index in [2.05, 4.69) is 15.1 Å². The summed E-state index contributed by atoms with van der Waals surface area (Å²) in [6.07, 6.45) is 1.55. The highest BCUT2D eigenvalue weighted by Gasteiger charge is 2.05. The molecule has 0 saturated carbocycles. The Morgan fingerprint density at radius 1 is 1.21 bits per heavy atom. The highest BCUT2D eigenvalue weighted by molar-refractivity contribution is 5.90. The number of nitrogens with zero attached hydrogens (tertiary/aromatic N) is 4. The number of hydrogen-bond donors (Lipinski definition) is 0. The van der Waals surface area contributed by atoms with Crippen LogP contribution in [-0.2, 0) is 0 Å². The number of aryl methyl sites for hydroxylation is 1. The second-order valence-corrected chi connectivity index (χ2v) is 3.17. The Hall–Kier alpha value is -1.97. The van der Waals surface area contributed by atoms with Crippen molar-refractivity contribution in [3.8, 4) is 0 Å². The third-order valence-corrected chi connectivity index (χ3v) is 2.28. The Bertz CT molecular complexity index is 612. The zero-order valence-corrected chi connectivity index (χ0v) is 7.68. The van der Waals surface area contributed by atoms with Crippen molar-refractivity contribution in [3.05, 3.63) is 36.4 Å². The van der Waals surface area contributed by atoms with Gasteiger partial charge in [0.1, 0.15) is 12.2 Å². The van der Waals surface area contributed by atoms with Crippen molar-refractivity contribution in [2.24, 2.45) is 0 Å². The molecule has 0 saturated heterocycles. The molecular weight excluding hydrogens is 176 g/mol. The highest BCUT2D eigenvalue weighted by Crippen LogP contribution is 2.16. The summed E-state index contributed by atoms with van der Waals surface area (Å²) in [7, 11) is 0. The van der Waals surface area contributed by atoms with Gasteiger partial charge in [0.05, 0.1) is 5.52 Å². The van der Waals surface area contributed by atoms with Gasteiger partial charge in [0.15, 0.2) is 5.65 Å². The zero-order chi connectivity index (χ0) is 9.54. The van der Waals surface area contributed by atoms with Gasteiger partial charge in [-0.1, -0.05) is 12.1 Å². The smallest absolute Gasteiger partial charge is 0.166 e. The Balaban J connectivity index is 2.66. The van der Waals surface area contributed by atoms with Gasteiger partial charge in [-0.2, -0.15) is 9.61 Å². The average Bonchev–Trinajstić information content (AvgIpc) is 2.67. The van der Waals surface area contributed by atoms with E-state index in [1.165, 1.54) is 0 Å². The average molecular weight is 184 g/mol. The van der Waals surface area contributed by atoms with Gasteiger partial charge in [0.2, 0.25) is 0 Å². The minimum atomic E-state index is 0.858. The first kappa shape index (κ1) is 7.44. The lowest BCUT2D eigenvalue weighted by Gasteiger charge is -2.01. The van der Waals surface area contributed by atoms with Crippen LogP contribution < -0.4 is 0 Å². The van der Waals surface area contributed by atoms with E-state index in [4.69, 9.17) is 0 Å². The molecule has 0 radical (unpaired) electrons. The minimum absolute atomic E-state index is 0.858. The van der Waals surface area contributed by atoms with Gasteiger partial charge < -0.3 is 0 Å². The molecule has 0 aliphatic carbocycles. The molecular formula is C10H8N4. The number of para-hydroxylation sites is 1. The monoisotopic (exact) mass is 184 g/mol. The van der Waals surface area contributed by atoms with Crippen LogP contribution in [0.1, 0.15) is 5.82 Å². The SMILES string of the molecule is Cc1nc2ccccc2c2ncnn12. The summed E-state index contributed by atoms with van der Waals surface area (Å²) in [6, 6.07) is 7.94. The summed E-state index contributed by atoms with van der Waals surface area (Å²) < 4.78 is 1.75. The van der Waals surface area contributed by atoms with Gasteiger partial charge in [-0.3, -0.25) is 0 Å². The van der Waals surface area contributed by atoms with E-state index in [1.807, 2.05) is 31.2 Å². The first-order chi connectivity index (χ1) is 6.86. The van der Waals surface area contributed by atoms with Crippen LogP contribution in [-0.4, -0.2) is 19.6 Å². The van der Waals surface area contributed by atoms with Crippen LogP contribution in [0, 0.1) is 6.92 Å². The lowest BCUT2D eigenvalue weighted by molar-refractivity contribution is 0.877. The van der Waals surface area contributed by atoms with Crippen molar-refractivity contribution < 1.29 is 0 Å². The third-order valence-electron chi connectivity index (χ3n) is 2.28. The second kappa shape index (κ2) is 2.51. The maximum absolute atomic E-state index is 4.44. The summed E-state index contributed by atoms with van der Waals surface area (Å²) in [5.41, 5.74) is 1.83. The molecule has 68 valence electrons. The Labute approximate surface area is 80.2 Å². The molecule has 3 aromatic rings. The number of benzene rings is 1. The molecule has 2 aromatic heterocycles. The molecule has 0 aliphatic heterocycles. The summed E-state index contributed by atoms with van der Waals surface area (Å²) in [4.78, 5) is 8.66. The number of fused-ring (bicyclic) bond motifs is 3. The molecule has 0 atom stereocenters. The lowest BCUT2D eigenvalue weighted by atomic mass is 10.2. The molecule has 4 nitrogen and oxygen atoms in total. The first-order valence-corrected chi connectivity index (χ1v) is 4.41. The van der Waals surface area contributed by atoms with Crippen molar-refractivity contribution in [3.63, 3.8) is 0 Å². The molecule has 0 bridgehead atoms. The molecule has 2 heterocycles. The Morgan fingerprint density at radius 3 is 3.00 bits per heavy atom. The van der Waals surface area contributed by atoms with Crippen LogP contribution in [0.25, 0.3) is 16.6 Å². The van der Waals surface area contributed by atoms with Crippen LogP contribution in [0.5, 0.6) is 0 Å². The maximum Gasteiger partial charge on any atom is 0.166 e. The van der Waals surface area contributed by atoms with Crippen LogP contribution in [0.2, 0.25) is 0 Å². The van der Waals surface area contributed by atoms with Crippen molar-refractivity contribution in [1.82, 2.24) is 19.6 Å². The molecule has 0 fully saturated rings. The van der Waals surface area contributed by atoms with E-state index < -0.39 is 0 Å². The predicted octanol–water partition coefficient (Wildman–Crippen LogP) is 1.59. The van der Waals surface area contributed by atoms with Crippen LogP contribution >= 0.6 is 0 Å². The molecule has 3 rings (SSSR count). The van der Waals surface area contributed by atoms with Gasteiger partial charge in [-0.25, -0.2) is 9.97 Å². The van der Waals surface area contributed by atoms with Crippen LogP contribution in [0.4, 0.5) is 0 Å². The molecule has 0 unspecified atom stereocenters. The fourth-order valence-electron chi connectivity index (χ4n) is 1.64. The summed E-state index contributed by atoms with van der Waals surface area (Å²) >= 11 is 0. The van der Waals surface area contributed by atoms with E-state index in [1.54, 1.807) is 10.8 Å². The molecule has 0 spiro atoms. The van der Waals surface area contributed by atoms with Gasteiger partial charge in [-0.05, 0) is 19.1 Å². The van der Waals surface area contributed by atoms with Crippen molar-refractivity contribution in [2.45, 2.75) is 6.92 Å². The van der Waals surface area contributed by atoms with Crippen molar-refractivity contribution in [2.75, 3.05) is 0 Å². The summed E-state index contributed by atoms with van der Waals surface area (Å²) in [5, 5.41) is 5.15. The molecule has 1 aromatic carbocycles. The second-order valence-electron chi connectivity index (χ2n) is 3.17. The Morgan fingerprint density at radius 2 is 2.07 bits per heavy atom. The van der Waals surface area contributed by atoms with E-state index in [0.29, 0.717) is 0 Å². The van der Waals surface area contributed by atoms with Gasteiger partial charge in [0, 0.05) is 5.39 Å². The van der Waals surface area contributed by atoms with E-state index in [-0.39, 0.29) is 0 Å². The molecule has 14 heavy (non-hydrogen) atoms. The lowest BCUT2D eigenvalue weighted by Crippen LogP contribution is -1.97. The normalized spacial score (nSPS) is 11.2. The van der Waals surface area contributed by atoms with Crippen molar-refractivity contribution in [1.29, 1.82) is 0 Å². The first-order valence-electron chi connectivity index (χ1n) is 4.41. The Kier molecular flexibility index (Phi) is 1.33. The summed E-state index contributed by atoms with van der Waals surface area (Å²) in [5.74, 6) is 0.858. The molecule has 4 heteroatoms. The number of aromatic nitrogens is 4. The van der Waals surface area contributed by atoms with E-state index in [0.717, 1.165) is 22.4 Å². The molecule has 0 N–H and O–H groups in total. The standard InChI is InChI=1S/C10H8N4/c1-7-13-9-5-3-2-4-8(9)10-11-6-12-14(7)10/h2-6H,1H3. The molecule has 0 aliphatic rings. The summed E-state index contributed by atoms with van der Waals surface area (Å²) in [6.45, 7) is 1.92. The zero-order valence-electron chi connectivity index (χ0n) is 7.68. The fraction of sp³-hybridized carbons (Fsp3) is 0.100. The number of rotatable bonds is 0. The van der Waals surface area contributed by atoms with E-state index >= 15 is 0 Å². The third kappa shape index (κ3) is 0.849. The van der Waals surface area contributed by atoms with Crippen LogP contribution in [0.3, 0.4) is 0 Å². The quantitative estimate of drug-likeness (QED) is 0.532.